The van der Waals surface area contributed by atoms with Crippen LogP contribution in [0.4, 0.5) is 0 Å². The molecule has 2 N–H and O–H groups in total. The van der Waals surface area contributed by atoms with Crippen LogP contribution in [0.15, 0.2) is 24.3 Å². The van der Waals surface area contributed by atoms with Crippen LogP contribution in [0.25, 0.3) is 0 Å². The molecule has 6 nitrogen and oxygen atoms in total. The Balaban J connectivity index is 1.61. The fraction of sp³-hybridized carbons (Fsp3) is 0.579. The summed E-state index contributed by atoms with van der Waals surface area (Å²) >= 11 is 6.41. The average Bonchev–Trinajstić information content (AvgIpc) is 3.15. The third kappa shape index (κ3) is 4.55. The zero-order valence-corrected chi connectivity index (χ0v) is 16.0. The molecule has 1 aromatic carbocycles. The Kier molecular flexibility index (Phi) is 6.51. The van der Waals surface area contributed by atoms with Gasteiger partial charge in [0.05, 0.1) is 18.6 Å². The lowest BCUT2D eigenvalue weighted by molar-refractivity contribution is -0.130. The summed E-state index contributed by atoms with van der Waals surface area (Å²) in [5, 5.41) is 6.61. The van der Waals surface area contributed by atoms with Crippen molar-refractivity contribution in [3.63, 3.8) is 0 Å². The van der Waals surface area contributed by atoms with Gasteiger partial charge in [-0.05, 0) is 44.5 Å². The Labute approximate surface area is 159 Å². The molecule has 2 aliphatic rings. The first-order chi connectivity index (χ1) is 12.6. The van der Waals surface area contributed by atoms with Gasteiger partial charge in [0.1, 0.15) is 0 Å². The van der Waals surface area contributed by atoms with Gasteiger partial charge in [-0.1, -0.05) is 29.8 Å². The summed E-state index contributed by atoms with van der Waals surface area (Å²) in [6.45, 7) is 5.93. The molecular formula is C19H27ClN4O2. The standard InChI is InChI=1S/C19H27ClN4O2/c1-14-19(26)21-8-11-24(14)13-18(25)22-12-17(23-9-4-5-10-23)15-6-2-3-7-16(15)20/h2-3,6-7,14,17H,4-5,8-13H2,1H3,(H,21,26)(H,22,25). The van der Waals surface area contributed by atoms with E-state index in [4.69, 9.17) is 11.6 Å². The second-order valence-electron chi connectivity index (χ2n) is 7.02. The number of halogens is 1. The summed E-state index contributed by atoms with van der Waals surface area (Å²) in [6.07, 6.45) is 2.35. The number of carbonyl (C=O) groups excluding carboxylic acids is 2. The Hall–Kier alpha value is -1.63. The highest BCUT2D eigenvalue weighted by molar-refractivity contribution is 6.31. The van der Waals surface area contributed by atoms with Crippen LogP contribution in [0.3, 0.4) is 0 Å². The summed E-state index contributed by atoms with van der Waals surface area (Å²) < 4.78 is 0. The molecule has 0 spiro atoms. The lowest BCUT2D eigenvalue weighted by Gasteiger charge is -2.33. The minimum atomic E-state index is -0.271. The number of nitrogens with zero attached hydrogens (tertiary/aromatic N) is 2. The molecule has 2 heterocycles. The Morgan fingerprint density at radius 3 is 2.77 bits per heavy atom. The minimum absolute atomic E-state index is 0.0185. The molecular weight excluding hydrogens is 352 g/mol. The van der Waals surface area contributed by atoms with Gasteiger partial charge in [0, 0.05) is 24.7 Å². The van der Waals surface area contributed by atoms with Gasteiger partial charge in [0.25, 0.3) is 0 Å². The molecule has 2 saturated heterocycles. The van der Waals surface area contributed by atoms with Crippen molar-refractivity contribution < 1.29 is 9.59 Å². The zero-order chi connectivity index (χ0) is 18.5. The second kappa shape index (κ2) is 8.84. The highest BCUT2D eigenvalue weighted by Crippen LogP contribution is 2.29. The molecule has 2 fully saturated rings. The van der Waals surface area contributed by atoms with Crippen LogP contribution in [-0.4, -0.2) is 66.9 Å². The number of amides is 2. The Bertz CT molecular complexity index is 648. The van der Waals surface area contributed by atoms with E-state index >= 15 is 0 Å². The monoisotopic (exact) mass is 378 g/mol. The van der Waals surface area contributed by atoms with Crippen LogP contribution < -0.4 is 10.6 Å². The van der Waals surface area contributed by atoms with Crippen LogP contribution in [0, 0.1) is 0 Å². The minimum Gasteiger partial charge on any atom is -0.353 e. The van der Waals surface area contributed by atoms with Crippen LogP contribution in [-0.2, 0) is 9.59 Å². The van der Waals surface area contributed by atoms with E-state index in [2.05, 4.69) is 15.5 Å². The van der Waals surface area contributed by atoms with Gasteiger partial charge in [0.2, 0.25) is 11.8 Å². The van der Waals surface area contributed by atoms with E-state index in [1.807, 2.05) is 36.1 Å². The number of rotatable bonds is 6. The normalized spacial score (nSPS) is 22.8. The molecule has 26 heavy (non-hydrogen) atoms. The summed E-state index contributed by atoms with van der Waals surface area (Å²) in [6, 6.07) is 7.66. The Morgan fingerprint density at radius 2 is 2.04 bits per heavy atom. The fourth-order valence-electron chi connectivity index (χ4n) is 3.73. The van der Waals surface area contributed by atoms with Crippen molar-refractivity contribution in [2.24, 2.45) is 0 Å². The molecule has 2 amide bonds. The quantitative estimate of drug-likeness (QED) is 0.785. The van der Waals surface area contributed by atoms with Crippen LogP contribution in [0.5, 0.6) is 0 Å². The van der Waals surface area contributed by atoms with Gasteiger partial charge >= 0.3 is 0 Å². The first-order valence-corrected chi connectivity index (χ1v) is 9.71. The molecule has 2 unspecified atom stereocenters. The van der Waals surface area contributed by atoms with Crippen molar-refractivity contribution >= 4 is 23.4 Å². The van der Waals surface area contributed by atoms with E-state index < -0.39 is 0 Å². The maximum absolute atomic E-state index is 12.5. The largest absolute Gasteiger partial charge is 0.353 e. The summed E-state index contributed by atoms with van der Waals surface area (Å²) in [5.74, 6) is -0.0714. The van der Waals surface area contributed by atoms with Gasteiger partial charge in [-0.2, -0.15) is 0 Å². The predicted molar refractivity (Wildman–Crippen MR) is 102 cm³/mol. The summed E-state index contributed by atoms with van der Waals surface area (Å²) in [7, 11) is 0. The highest BCUT2D eigenvalue weighted by atomic mass is 35.5. The zero-order valence-electron chi connectivity index (χ0n) is 15.2. The smallest absolute Gasteiger partial charge is 0.237 e. The van der Waals surface area contributed by atoms with Gasteiger partial charge in [-0.25, -0.2) is 0 Å². The molecule has 7 heteroatoms. The number of hydrogen-bond acceptors (Lipinski definition) is 4. The lowest BCUT2D eigenvalue weighted by atomic mass is 10.1. The van der Waals surface area contributed by atoms with Gasteiger partial charge in [0.15, 0.2) is 0 Å². The molecule has 0 radical (unpaired) electrons. The molecule has 1 aromatic rings. The maximum atomic E-state index is 12.5. The molecule has 0 aromatic heterocycles. The third-order valence-corrected chi connectivity index (χ3v) is 5.65. The number of carbonyl (C=O) groups is 2. The van der Waals surface area contributed by atoms with E-state index in [0.717, 1.165) is 23.7 Å². The molecule has 142 valence electrons. The average molecular weight is 379 g/mol. The van der Waals surface area contributed by atoms with Gasteiger partial charge in [-0.15, -0.1) is 0 Å². The molecule has 0 saturated carbocycles. The first-order valence-electron chi connectivity index (χ1n) is 9.33. The third-order valence-electron chi connectivity index (χ3n) is 5.31. The van der Waals surface area contributed by atoms with Crippen LogP contribution >= 0.6 is 11.6 Å². The van der Waals surface area contributed by atoms with Crippen LogP contribution in [0.1, 0.15) is 31.4 Å². The highest BCUT2D eigenvalue weighted by Gasteiger charge is 2.28. The topological polar surface area (TPSA) is 64.7 Å². The van der Waals surface area contributed by atoms with Crippen molar-refractivity contribution in [3.8, 4) is 0 Å². The number of likely N-dealkylation sites (tertiary alicyclic amines) is 1. The van der Waals surface area contributed by atoms with Gasteiger partial charge in [-0.3, -0.25) is 19.4 Å². The van der Waals surface area contributed by atoms with Crippen molar-refractivity contribution in [2.75, 3.05) is 39.3 Å². The number of benzene rings is 1. The molecule has 0 bridgehead atoms. The molecule has 2 atom stereocenters. The van der Waals surface area contributed by atoms with E-state index in [9.17, 15) is 9.59 Å². The number of hydrogen-bond donors (Lipinski definition) is 2. The van der Waals surface area contributed by atoms with E-state index in [0.29, 0.717) is 19.6 Å². The SMILES string of the molecule is CC1C(=O)NCCN1CC(=O)NCC(c1ccccc1Cl)N1CCCC1. The summed E-state index contributed by atoms with van der Waals surface area (Å²) in [5.41, 5.74) is 1.06. The van der Waals surface area contributed by atoms with Crippen molar-refractivity contribution in [1.82, 2.24) is 20.4 Å². The van der Waals surface area contributed by atoms with E-state index in [-0.39, 0.29) is 30.4 Å². The van der Waals surface area contributed by atoms with Crippen molar-refractivity contribution in [2.45, 2.75) is 31.8 Å². The van der Waals surface area contributed by atoms with Crippen LogP contribution in [0.2, 0.25) is 5.02 Å². The van der Waals surface area contributed by atoms with Crippen molar-refractivity contribution in [3.05, 3.63) is 34.9 Å². The molecule has 0 aliphatic carbocycles. The Morgan fingerprint density at radius 1 is 1.31 bits per heavy atom. The van der Waals surface area contributed by atoms with E-state index in [1.165, 1.54) is 12.8 Å². The van der Waals surface area contributed by atoms with Crippen molar-refractivity contribution in [1.29, 1.82) is 0 Å². The predicted octanol–water partition coefficient (Wildman–Crippen LogP) is 1.41. The first kappa shape index (κ1) is 19.1. The number of piperazine rings is 1. The fourth-order valence-corrected chi connectivity index (χ4v) is 3.99. The van der Waals surface area contributed by atoms with Gasteiger partial charge < -0.3 is 10.6 Å². The summed E-state index contributed by atoms with van der Waals surface area (Å²) in [4.78, 5) is 28.5. The lowest BCUT2D eigenvalue weighted by Crippen LogP contribution is -2.56. The van der Waals surface area contributed by atoms with E-state index in [1.54, 1.807) is 0 Å². The molecule has 3 rings (SSSR count). The maximum Gasteiger partial charge on any atom is 0.237 e. The number of nitrogens with one attached hydrogen (secondary N) is 2. The molecule has 2 aliphatic heterocycles. The second-order valence-corrected chi connectivity index (χ2v) is 7.43.